The topological polar surface area (TPSA) is 110 Å². The minimum absolute atomic E-state index is 0.160. The van der Waals surface area contributed by atoms with Crippen molar-refractivity contribution in [3.05, 3.63) is 47.4 Å². The molecule has 150 valence electrons. The highest BCUT2D eigenvalue weighted by atomic mass is 16.5. The van der Waals surface area contributed by atoms with E-state index in [-0.39, 0.29) is 5.91 Å². The first-order chi connectivity index (χ1) is 14.3. The number of hydrogen-bond donors (Lipinski definition) is 2. The first kappa shape index (κ1) is 18.0. The molecule has 3 aromatic heterocycles. The van der Waals surface area contributed by atoms with Crippen LogP contribution >= 0.6 is 0 Å². The largest absolute Gasteiger partial charge is 0.336 e. The van der Waals surface area contributed by atoms with Crippen LogP contribution in [0.1, 0.15) is 72.6 Å². The van der Waals surface area contributed by atoms with Crippen LogP contribution < -0.4 is 5.32 Å². The van der Waals surface area contributed by atoms with Gasteiger partial charge in [0.2, 0.25) is 5.82 Å². The maximum absolute atomic E-state index is 13.2. The van der Waals surface area contributed by atoms with E-state index in [9.17, 15) is 4.79 Å². The Labute approximate surface area is 168 Å². The summed E-state index contributed by atoms with van der Waals surface area (Å²) in [5.41, 5.74) is 2.80. The van der Waals surface area contributed by atoms with Gasteiger partial charge in [-0.05, 0) is 50.7 Å². The molecule has 1 amide bonds. The fourth-order valence-electron chi connectivity index (χ4n) is 4.52. The molecule has 0 atom stereocenters. The van der Waals surface area contributed by atoms with Gasteiger partial charge in [-0.15, -0.1) is 0 Å². The van der Waals surface area contributed by atoms with Crippen molar-refractivity contribution >= 4 is 5.91 Å². The maximum atomic E-state index is 13.2. The third-order valence-corrected chi connectivity index (χ3v) is 6.09. The number of fused-ring (bicyclic) bond motifs is 1. The maximum Gasteiger partial charge on any atom is 0.272 e. The highest BCUT2D eigenvalue weighted by Crippen LogP contribution is 2.37. The van der Waals surface area contributed by atoms with Crippen LogP contribution in [0.15, 0.2) is 29.0 Å². The Balaban J connectivity index is 1.45. The summed E-state index contributed by atoms with van der Waals surface area (Å²) in [7, 11) is 0. The third-order valence-electron chi connectivity index (χ3n) is 6.09. The van der Waals surface area contributed by atoms with Crippen molar-refractivity contribution in [1.29, 1.82) is 0 Å². The van der Waals surface area contributed by atoms with Crippen molar-refractivity contribution in [3.8, 4) is 11.4 Å². The number of rotatable bonds is 4. The molecular weight excluding hydrogens is 368 g/mol. The molecule has 0 saturated heterocycles. The predicted octanol–water partition coefficient (Wildman–Crippen LogP) is 3.32. The Morgan fingerprint density at radius 1 is 1.14 bits per heavy atom. The van der Waals surface area contributed by atoms with E-state index in [2.05, 4.69) is 30.6 Å². The van der Waals surface area contributed by atoms with Gasteiger partial charge in [-0.25, -0.2) is 0 Å². The van der Waals surface area contributed by atoms with Crippen LogP contribution in [-0.2, 0) is 18.4 Å². The van der Waals surface area contributed by atoms with Gasteiger partial charge < -0.3 is 9.84 Å². The van der Waals surface area contributed by atoms with Crippen molar-refractivity contribution in [2.75, 3.05) is 0 Å². The van der Waals surface area contributed by atoms with Crippen LogP contribution in [-0.4, -0.2) is 31.2 Å². The number of aromatic amines is 1. The Morgan fingerprint density at radius 3 is 2.83 bits per heavy atom. The van der Waals surface area contributed by atoms with Gasteiger partial charge in [0.1, 0.15) is 5.54 Å². The summed E-state index contributed by atoms with van der Waals surface area (Å²) >= 11 is 0. The summed E-state index contributed by atoms with van der Waals surface area (Å²) in [4.78, 5) is 22.0. The molecule has 29 heavy (non-hydrogen) atoms. The number of nitrogens with one attached hydrogen (secondary N) is 2. The van der Waals surface area contributed by atoms with Crippen molar-refractivity contribution in [2.24, 2.45) is 0 Å². The van der Waals surface area contributed by atoms with E-state index in [0.29, 0.717) is 17.4 Å². The van der Waals surface area contributed by atoms with Crippen LogP contribution in [0.2, 0.25) is 0 Å². The summed E-state index contributed by atoms with van der Waals surface area (Å²) in [6, 6.07) is 3.73. The SMILES string of the molecule is O=C(NC1(c2nc(-c3cccnc3)no2)CCCCC1)c1n[nH]c2c1CCCC2. The van der Waals surface area contributed by atoms with Gasteiger partial charge in [0.25, 0.3) is 11.8 Å². The fraction of sp³-hybridized carbons (Fsp3) is 0.476. The smallest absolute Gasteiger partial charge is 0.272 e. The summed E-state index contributed by atoms with van der Waals surface area (Å²) in [5.74, 6) is 0.797. The Kier molecular flexibility index (Phi) is 4.61. The first-order valence-electron chi connectivity index (χ1n) is 10.4. The van der Waals surface area contributed by atoms with Crippen molar-refractivity contribution in [3.63, 3.8) is 0 Å². The number of carbonyl (C=O) groups is 1. The summed E-state index contributed by atoms with van der Waals surface area (Å²) in [5, 5.41) is 14.8. The predicted molar refractivity (Wildman–Crippen MR) is 105 cm³/mol. The molecule has 0 bridgehead atoms. The Bertz CT molecular complexity index is 1000. The average Bonchev–Trinajstić information content (AvgIpc) is 3.43. The van der Waals surface area contributed by atoms with E-state index in [4.69, 9.17) is 4.52 Å². The van der Waals surface area contributed by atoms with Crippen molar-refractivity contribution in [1.82, 2.24) is 30.6 Å². The van der Waals surface area contributed by atoms with E-state index >= 15 is 0 Å². The Hall–Kier alpha value is -3.03. The standard InChI is InChI=1S/C21H24N6O2/c28-19(17-15-8-2-3-9-16(15)25-26-17)24-21(10-4-1-5-11-21)20-23-18(27-29-20)14-7-6-12-22-13-14/h6-7,12-13H,1-5,8-11H2,(H,24,28)(H,25,26). The van der Waals surface area contributed by atoms with Crippen LogP contribution in [0, 0.1) is 0 Å². The Morgan fingerprint density at radius 2 is 2.00 bits per heavy atom. The molecule has 0 spiro atoms. The van der Waals surface area contributed by atoms with E-state index in [1.54, 1.807) is 12.4 Å². The molecule has 0 unspecified atom stereocenters. The molecule has 5 rings (SSSR count). The van der Waals surface area contributed by atoms with E-state index in [1.165, 1.54) is 0 Å². The van der Waals surface area contributed by atoms with Gasteiger partial charge in [-0.2, -0.15) is 10.1 Å². The second-order valence-electron chi connectivity index (χ2n) is 8.00. The quantitative estimate of drug-likeness (QED) is 0.705. The normalized spacial score (nSPS) is 18.2. The van der Waals surface area contributed by atoms with Gasteiger partial charge in [0.15, 0.2) is 5.69 Å². The fourth-order valence-corrected chi connectivity index (χ4v) is 4.52. The molecular formula is C21H24N6O2. The first-order valence-corrected chi connectivity index (χ1v) is 10.4. The second-order valence-corrected chi connectivity index (χ2v) is 8.00. The van der Waals surface area contributed by atoms with Gasteiger partial charge in [-0.3, -0.25) is 14.9 Å². The molecule has 2 N–H and O–H groups in total. The third kappa shape index (κ3) is 3.32. The second kappa shape index (κ2) is 7.42. The molecule has 2 aliphatic rings. The molecule has 2 aliphatic carbocycles. The lowest BCUT2D eigenvalue weighted by atomic mass is 9.81. The molecule has 8 heteroatoms. The highest BCUT2D eigenvalue weighted by Gasteiger charge is 2.42. The minimum Gasteiger partial charge on any atom is -0.336 e. The number of nitrogens with zero attached hydrogens (tertiary/aromatic N) is 4. The minimum atomic E-state index is -0.650. The molecule has 8 nitrogen and oxygen atoms in total. The van der Waals surface area contributed by atoms with E-state index in [1.807, 2.05) is 12.1 Å². The van der Waals surface area contributed by atoms with Crippen molar-refractivity contribution in [2.45, 2.75) is 63.3 Å². The highest BCUT2D eigenvalue weighted by molar-refractivity contribution is 5.94. The zero-order valence-electron chi connectivity index (χ0n) is 16.3. The van der Waals surface area contributed by atoms with E-state index < -0.39 is 5.54 Å². The number of amides is 1. The number of carbonyl (C=O) groups excluding carboxylic acids is 1. The van der Waals surface area contributed by atoms with Gasteiger partial charge in [0.05, 0.1) is 0 Å². The number of aromatic nitrogens is 5. The number of H-pyrrole nitrogens is 1. The van der Waals surface area contributed by atoms with Gasteiger partial charge in [0, 0.05) is 29.2 Å². The molecule has 1 saturated carbocycles. The van der Waals surface area contributed by atoms with Crippen LogP contribution in [0.4, 0.5) is 0 Å². The molecule has 0 radical (unpaired) electrons. The molecule has 1 fully saturated rings. The van der Waals surface area contributed by atoms with Gasteiger partial charge >= 0.3 is 0 Å². The summed E-state index contributed by atoms with van der Waals surface area (Å²) < 4.78 is 5.66. The molecule has 0 aromatic carbocycles. The monoisotopic (exact) mass is 392 g/mol. The number of aryl methyl sites for hydroxylation is 1. The number of hydrogen-bond acceptors (Lipinski definition) is 6. The van der Waals surface area contributed by atoms with Crippen LogP contribution in [0.5, 0.6) is 0 Å². The van der Waals surface area contributed by atoms with Crippen LogP contribution in [0.3, 0.4) is 0 Å². The molecule has 3 aromatic rings. The summed E-state index contributed by atoms with van der Waals surface area (Å²) in [6.45, 7) is 0. The summed E-state index contributed by atoms with van der Waals surface area (Å²) in [6.07, 6.45) is 12.2. The molecule has 3 heterocycles. The lowest BCUT2D eigenvalue weighted by molar-refractivity contribution is 0.0818. The number of pyridine rings is 1. The van der Waals surface area contributed by atoms with E-state index in [0.717, 1.165) is 74.6 Å². The zero-order valence-corrected chi connectivity index (χ0v) is 16.3. The van der Waals surface area contributed by atoms with Crippen molar-refractivity contribution < 1.29 is 9.32 Å². The zero-order chi connectivity index (χ0) is 19.7. The lowest BCUT2D eigenvalue weighted by Crippen LogP contribution is -2.47. The lowest BCUT2D eigenvalue weighted by Gasteiger charge is -2.34. The molecule has 0 aliphatic heterocycles. The van der Waals surface area contributed by atoms with Crippen LogP contribution in [0.25, 0.3) is 11.4 Å². The average molecular weight is 392 g/mol. The van der Waals surface area contributed by atoms with Gasteiger partial charge in [-0.1, -0.05) is 24.4 Å².